The molecule has 1 fully saturated rings. The number of nitrogens with zero attached hydrogens (tertiary/aromatic N) is 2. The van der Waals surface area contributed by atoms with E-state index in [9.17, 15) is 4.79 Å². The fourth-order valence-electron chi connectivity index (χ4n) is 3.02. The van der Waals surface area contributed by atoms with Crippen LogP contribution in [0.15, 0.2) is 35.3 Å². The van der Waals surface area contributed by atoms with E-state index in [4.69, 9.17) is 10.5 Å². The Morgan fingerprint density at radius 2 is 2.16 bits per heavy atom. The van der Waals surface area contributed by atoms with Gasteiger partial charge in [-0.1, -0.05) is 18.2 Å². The van der Waals surface area contributed by atoms with Crippen LogP contribution in [0.4, 0.5) is 0 Å². The Bertz CT molecular complexity index is 539. The molecule has 1 aromatic rings. The number of likely N-dealkylation sites (tertiary alicyclic amines) is 1. The van der Waals surface area contributed by atoms with E-state index in [0.717, 1.165) is 50.6 Å². The summed E-state index contributed by atoms with van der Waals surface area (Å²) in [6.45, 7) is 3.27. The van der Waals surface area contributed by atoms with Crippen molar-refractivity contribution in [1.82, 2.24) is 10.2 Å². The standard InChI is InChI=1S/C18H28N4O2.HI/c1-20-18(22-11-5-7-15(14-22)13-17(19)23)21-10-6-12-24-16-8-3-2-4-9-16;/h2-4,8-9,15H,5-7,10-14H2,1H3,(H2,19,23)(H,20,21);1H. The van der Waals surface area contributed by atoms with Gasteiger partial charge in [-0.3, -0.25) is 9.79 Å². The number of hydrogen-bond donors (Lipinski definition) is 2. The molecule has 140 valence electrons. The maximum absolute atomic E-state index is 11.1. The first-order valence-corrected chi connectivity index (χ1v) is 8.61. The smallest absolute Gasteiger partial charge is 0.217 e. The average molecular weight is 460 g/mol. The summed E-state index contributed by atoms with van der Waals surface area (Å²) in [6.07, 6.45) is 3.47. The highest BCUT2D eigenvalue weighted by atomic mass is 127. The van der Waals surface area contributed by atoms with Gasteiger partial charge in [0, 0.05) is 33.1 Å². The van der Waals surface area contributed by atoms with Gasteiger partial charge in [-0.2, -0.15) is 0 Å². The lowest BCUT2D eigenvalue weighted by molar-refractivity contribution is -0.119. The monoisotopic (exact) mass is 460 g/mol. The van der Waals surface area contributed by atoms with Gasteiger partial charge >= 0.3 is 0 Å². The number of nitrogens with one attached hydrogen (secondary N) is 1. The quantitative estimate of drug-likeness (QED) is 0.283. The van der Waals surface area contributed by atoms with Crippen LogP contribution in [-0.2, 0) is 4.79 Å². The molecule has 3 N–H and O–H groups in total. The minimum Gasteiger partial charge on any atom is -0.494 e. The summed E-state index contributed by atoms with van der Waals surface area (Å²) in [5.41, 5.74) is 5.32. The van der Waals surface area contributed by atoms with Gasteiger partial charge in [0.05, 0.1) is 6.61 Å². The normalized spacial score (nSPS) is 17.6. The minimum absolute atomic E-state index is 0. The number of para-hydroxylation sites is 1. The predicted molar refractivity (Wildman–Crippen MR) is 111 cm³/mol. The second kappa shape index (κ2) is 11.9. The summed E-state index contributed by atoms with van der Waals surface area (Å²) in [5.74, 6) is 1.90. The van der Waals surface area contributed by atoms with Crippen LogP contribution in [0.1, 0.15) is 25.7 Å². The molecule has 0 aliphatic carbocycles. The van der Waals surface area contributed by atoms with Gasteiger partial charge in [0.2, 0.25) is 5.91 Å². The minimum atomic E-state index is -0.220. The van der Waals surface area contributed by atoms with Crippen LogP contribution in [0, 0.1) is 5.92 Å². The number of guanidine groups is 1. The van der Waals surface area contributed by atoms with Crippen LogP contribution in [-0.4, -0.2) is 50.1 Å². The molecule has 2 rings (SSSR count). The Labute approximate surface area is 167 Å². The third-order valence-electron chi connectivity index (χ3n) is 4.14. The molecule has 1 atom stereocenters. The van der Waals surface area contributed by atoms with Gasteiger partial charge in [-0.25, -0.2) is 0 Å². The highest BCUT2D eigenvalue weighted by Crippen LogP contribution is 2.19. The molecule has 1 saturated heterocycles. The van der Waals surface area contributed by atoms with Crippen LogP contribution in [0.2, 0.25) is 0 Å². The number of hydrogen-bond acceptors (Lipinski definition) is 3. The second-order valence-electron chi connectivity index (χ2n) is 6.11. The number of aliphatic imine (C=N–C) groups is 1. The van der Waals surface area contributed by atoms with E-state index >= 15 is 0 Å². The van der Waals surface area contributed by atoms with E-state index in [2.05, 4.69) is 15.2 Å². The lowest BCUT2D eigenvalue weighted by Crippen LogP contribution is -2.47. The zero-order valence-electron chi connectivity index (χ0n) is 14.8. The molecule has 0 spiro atoms. The third kappa shape index (κ3) is 7.94. The Hall–Kier alpha value is -1.51. The van der Waals surface area contributed by atoms with Crippen molar-refractivity contribution in [2.75, 3.05) is 33.3 Å². The number of primary amides is 1. The first-order valence-electron chi connectivity index (χ1n) is 8.61. The molecular weight excluding hydrogens is 431 g/mol. The van der Waals surface area contributed by atoms with Crippen molar-refractivity contribution in [2.45, 2.75) is 25.7 Å². The number of amides is 1. The van der Waals surface area contributed by atoms with Gasteiger partial charge in [0.25, 0.3) is 0 Å². The molecule has 0 bridgehead atoms. The topological polar surface area (TPSA) is 80.0 Å². The molecule has 6 nitrogen and oxygen atoms in total. The summed E-state index contributed by atoms with van der Waals surface area (Å²) < 4.78 is 5.68. The van der Waals surface area contributed by atoms with Crippen LogP contribution >= 0.6 is 24.0 Å². The Morgan fingerprint density at radius 1 is 1.40 bits per heavy atom. The molecule has 1 heterocycles. The van der Waals surface area contributed by atoms with E-state index in [1.807, 2.05) is 30.3 Å². The van der Waals surface area contributed by atoms with Gasteiger partial charge in [0.1, 0.15) is 5.75 Å². The number of halogens is 1. The lowest BCUT2D eigenvalue weighted by Gasteiger charge is -2.34. The van der Waals surface area contributed by atoms with Crippen LogP contribution in [0.25, 0.3) is 0 Å². The molecule has 1 aliphatic rings. The number of carbonyl (C=O) groups is 1. The Balaban J connectivity index is 0.00000312. The summed E-state index contributed by atoms with van der Waals surface area (Å²) in [7, 11) is 1.79. The number of nitrogens with two attached hydrogens (primary N) is 1. The van der Waals surface area contributed by atoms with Crippen LogP contribution < -0.4 is 15.8 Å². The molecular formula is C18H29IN4O2. The van der Waals surface area contributed by atoms with Crippen molar-refractivity contribution in [2.24, 2.45) is 16.6 Å². The van der Waals surface area contributed by atoms with Crippen molar-refractivity contribution in [1.29, 1.82) is 0 Å². The summed E-state index contributed by atoms with van der Waals surface area (Å²) >= 11 is 0. The van der Waals surface area contributed by atoms with Crippen molar-refractivity contribution in [3.05, 3.63) is 30.3 Å². The number of piperidine rings is 1. The second-order valence-corrected chi connectivity index (χ2v) is 6.11. The SMILES string of the molecule is CN=C(NCCCOc1ccccc1)N1CCCC(CC(N)=O)C1.I. The molecule has 1 aromatic carbocycles. The first-order chi connectivity index (χ1) is 11.7. The number of rotatable bonds is 7. The number of carbonyl (C=O) groups excluding carboxylic acids is 1. The van der Waals surface area contributed by atoms with Crippen molar-refractivity contribution in [3.63, 3.8) is 0 Å². The molecule has 1 amide bonds. The molecule has 0 aromatic heterocycles. The van der Waals surface area contributed by atoms with Crippen LogP contribution in [0.5, 0.6) is 5.75 Å². The maximum Gasteiger partial charge on any atom is 0.217 e. The van der Waals surface area contributed by atoms with E-state index in [1.165, 1.54) is 0 Å². The predicted octanol–water partition coefficient (Wildman–Crippen LogP) is 2.24. The van der Waals surface area contributed by atoms with Crippen molar-refractivity contribution < 1.29 is 9.53 Å². The van der Waals surface area contributed by atoms with Gasteiger partial charge in [0.15, 0.2) is 5.96 Å². The van der Waals surface area contributed by atoms with E-state index < -0.39 is 0 Å². The van der Waals surface area contributed by atoms with Gasteiger partial charge < -0.3 is 20.7 Å². The molecule has 7 heteroatoms. The molecule has 1 aliphatic heterocycles. The van der Waals surface area contributed by atoms with Crippen molar-refractivity contribution >= 4 is 35.8 Å². The lowest BCUT2D eigenvalue weighted by atomic mass is 9.95. The number of benzene rings is 1. The molecule has 1 unspecified atom stereocenters. The largest absolute Gasteiger partial charge is 0.494 e. The van der Waals surface area contributed by atoms with E-state index in [0.29, 0.717) is 18.9 Å². The fourth-order valence-corrected chi connectivity index (χ4v) is 3.02. The fraction of sp³-hybridized carbons (Fsp3) is 0.556. The molecule has 0 radical (unpaired) electrons. The van der Waals surface area contributed by atoms with Crippen LogP contribution in [0.3, 0.4) is 0 Å². The first kappa shape index (κ1) is 21.5. The van der Waals surface area contributed by atoms with Gasteiger partial charge in [-0.15, -0.1) is 24.0 Å². The van der Waals surface area contributed by atoms with E-state index in [1.54, 1.807) is 7.05 Å². The Kier molecular flexibility index (Phi) is 10.3. The third-order valence-corrected chi connectivity index (χ3v) is 4.14. The zero-order chi connectivity index (χ0) is 17.2. The zero-order valence-corrected chi connectivity index (χ0v) is 17.1. The molecule has 25 heavy (non-hydrogen) atoms. The highest BCUT2D eigenvalue weighted by Gasteiger charge is 2.23. The summed E-state index contributed by atoms with van der Waals surface area (Å²) in [6, 6.07) is 9.82. The highest BCUT2D eigenvalue weighted by molar-refractivity contribution is 14.0. The van der Waals surface area contributed by atoms with Gasteiger partial charge in [-0.05, 0) is 37.3 Å². The van der Waals surface area contributed by atoms with Crippen molar-refractivity contribution in [3.8, 4) is 5.75 Å². The average Bonchev–Trinajstić information content (AvgIpc) is 2.58. The molecule has 0 saturated carbocycles. The maximum atomic E-state index is 11.1. The number of ether oxygens (including phenoxy) is 1. The summed E-state index contributed by atoms with van der Waals surface area (Å²) in [5, 5.41) is 3.38. The Morgan fingerprint density at radius 3 is 2.84 bits per heavy atom. The van der Waals surface area contributed by atoms with E-state index in [-0.39, 0.29) is 29.9 Å². The summed E-state index contributed by atoms with van der Waals surface area (Å²) in [4.78, 5) is 17.7.